The van der Waals surface area contributed by atoms with Gasteiger partial charge in [0, 0.05) is 17.3 Å². The van der Waals surface area contributed by atoms with Gasteiger partial charge in [0.25, 0.3) is 0 Å². The molecule has 2 heterocycles. The molecule has 5 nitrogen and oxygen atoms in total. The molecule has 0 amide bonds. The van der Waals surface area contributed by atoms with E-state index in [4.69, 9.17) is 5.73 Å². The number of anilines is 1. The number of aromatic nitrogens is 4. The summed E-state index contributed by atoms with van der Waals surface area (Å²) >= 11 is 0. The molecule has 0 spiro atoms. The molecule has 0 saturated carbocycles. The number of halogens is 1. The molecule has 0 aliphatic rings. The minimum Gasteiger partial charge on any atom is -0.366 e. The zero-order valence-corrected chi connectivity index (χ0v) is 9.86. The maximum atomic E-state index is 13.6. The molecule has 3 rings (SSSR count). The van der Waals surface area contributed by atoms with Crippen LogP contribution < -0.4 is 5.73 Å². The van der Waals surface area contributed by atoms with Gasteiger partial charge in [-0.15, -0.1) is 5.10 Å². The van der Waals surface area contributed by atoms with E-state index < -0.39 is 0 Å². The number of nitrogen functional groups attached to an aromatic ring is 1. The topological polar surface area (TPSA) is 69.6 Å². The first kappa shape index (κ1) is 11.3. The molecule has 94 valence electrons. The fraction of sp³-hybridized carbons (Fsp3) is 0. The molecular formula is C13H10FN5. The summed E-state index contributed by atoms with van der Waals surface area (Å²) in [6.07, 6.45) is 3.06. The van der Waals surface area contributed by atoms with Crippen molar-refractivity contribution in [2.45, 2.75) is 0 Å². The molecule has 0 unspecified atom stereocenters. The maximum absolute atomic E-state index is 13.6. The second-order valence-electron chi connectivity index (χ2n) is 3.93. The Morgan fingerprint density at radius 3 is 2.53 bits per heavy atom. The first-order valence-electron chi connectivity index (χ1n) is 5.62. The lowest BCUT2D eigenvalue weighted by atomic mass is 10.1. The van der Waals surface area contributed by atoms with E-state index in [0.29, 0.717) is 16.9 Å². The Morgan fingerprint density at radius 2 is 1.89 bits per heavy atom. The molecule has 19 heavy (non-hydrogen) atoms. The fourth-order valence-corrected chi connectivity index (χ4v) is 1.76. The lowest BCUT2D eigenvalue weighted by Crippen LogP contribution is -1.99. The molecule has 2 aromatic heterocycles. The van der Waals surface area contributed by atoms with Crippen LogP contribution in [0.4, 0.5) is 10.3 Å². The predicted molar refractivity (Wildman–Crippen MR) is 69.0 cm³/mol. The van der Waals surface area contributed by atoms with Gasteiger partial charge in [0.05, 0.1) is 0 Å². The highest BCUT2D eigenvalue weighted by Gasteiger charge is 2.06. The van der Waals surface area contributed by atoms with Crippen molar-refractivity contribution in [3.63, 3.8) is 0 Å². The molecule has 3 aromatic rings. The second-order valence-corrected chi connectivity index (χ2v) is 3.93. The van der Waals surface area contributed by atoms with Crippen molar-refractivity contribution in [2.24, 2.45) is 0 Å². The number of nitrogens with two attached hydrogens (primary N) is 1. The first-order chi connectivity index (χ1) is 9.24. The highest BCUT2D eigenvalue weighted by atomic mass is 19.1. The van der Waals surface area contributed by atoms with Crippen molar-refractivity contribution in [1.29, 1.82) is 0 Å². The number of hydrogen-bond donors (Lipinski definition) is 1. The van der Waals surface area contributed by atoms with E-state index in [2.05, 4.69) is 15.1 Å². The van der Waals surface area contributed by atoms with Gasteiger partial charge in [-0.1, -0.05) is 18.2 Å². The van der Waals surface area contributed by atoms with Gasteiger partial charge in [-0.2, -0.15) is 0 Å². The molecule has 0 bridgehead atoms. The molecule has 1 aromatic carbocycles. The minimum atomic E-state index is -0.276. The molecule has 0 aliphatic carbocycles. The van der Waals surface area contributed by atoms with E-state index in [0.717, 1.165) is 0 Å². The van der Waals surface area contributed by atoms with Crippen molar-refractivity contribution in [3.05, 3.63) is 54.7 Å². The van der Waals surface area contributed by atoms with Crippen LogP contribution in [-0.2, 0) is 0 Å². The van der Waals surface area contributed by atoms with Crippen molar-refractivity contribution >= 4 is 5.95 Å². The summed E-state index contributed by atoms with van der Waals surface area (Å²) < 4.78 is 15.1. The standard InChI is InChI=1S/C13H10FN5/c14-11-4-2-1-3-10(11)9-5-6-12(16-7-9)19-8-17-13(15)18-19/h1-8H,(H2,15,18). The van der Waals surface area contributed by atoms with Crippen LogP contribution in [0.5, 0.6) is 0 Å². The van der Waals surface area contributed by atoms with E-state index in [1.165, 1.54) is 17.1 Å². The Kier molecular flexibility index (Phi) is 2.68. The molecule has 2 N–H and O–H groups in total. The molecule has 0 fully saturated rings. The summed E-state index contributed by atoms with van der Waals surface area (Å²) in [4.78, 5) is 8.04. The van der Waals surface area contributed by atoms with Gasteiger partial charge in [-0.05, 0) is 18.2 Å². The highest BCUT2D eigenvalue weighted by Crippen LogP contribution is 2.22. The van der Waals surface area contributed by atoms with Crippen LogP contribution >= 0.6 is 0 Å². The van der Waals surface area contributed by atoms with Gasteiger partial charge in [0.1, 0.15) is 12.1 Å². The summed E-state index contributed by atoms with van der Waals surface area (Å²) in [5, 5.41) is 3.95. The van der Waals surface area contributed by atoms with Gasteiger partial charge < -0.3 is 5.73 Å². The van der Waals surface area contributed by atoms with Crippen LogP contribution in [0, 0.1) is 5.82 Å². The van der Waals surface area contributed by atoms with Crippen molar-refractivity contribution in [2.75, 3.05) is 5.73 Å². The lowest BCUT2D eigenvalue weighted by molar-refractivity contribution is 0.631. The third kappa shape index (κ3) is 2.15. The van der Waals surface area contributed by atoms with Crippen LogP contribution in [0.2, 0.25) is 0 Å². The van der Waals surface area contributed by atoms with Gasteiger partial charge in [-0.3, -0.25) is 0 Å². The Bertz CT molecular complexity index is 705. The highest BCUT2D eigenvalue weighted by molar-refractivity contribution is 5.63. The average Bonchev–Trinajstić information content (AvgIpc) is 2.86. The first-order valence-corrected chi connectivity index (χ1v) is 5.62. The number of hydrogen-bond acceptors (Lipinski definition) is 4. The average molecular weight is 255 g/mol. The molecule has 0 radical (unpaired) electrons. The Morgan fingerprint density at radius 1 is 1.05 bits per heavy atom. The van der Waals surface area contributed by atoms with E-state index in [1.807, 2.05) is 0 Å². The van der Waals surface area contributed by atoms with Gasteiger partial charge in [0.15, 0.2) is 5.82 Å². The Hall–Kier alpha value is -2.76. The Balaban J connectivity index is 1.97. The molecule has 0 saturated heterocycles. The van der Waals surface area contributed by atoms with Crippen molar-refractivity contribution < 1.29 is 4.39 Å². The number of benzene rings is 1. The Labute approximate surface area is 108 Å². The third-order valence-electron chi connectivity index (χ3n) is 2.68. The van der Waals surface area contributed by atoms with Gasteiger partial charge in [-0.25, -0.2) is 19.0 Å². The summed E-state index contributed by atoms with van der Waals surface area (Å²) in [7, 11) is 0. The summed E-state index contributed by atoms with van der Waals surface area (Å²) in [5.74, 6) is 0.478. The molecule has 0 aliphatic heterocycles. The maximum Gasteiger partial charge on any atom is 0.239 e. The van der Waals surface area contributed by atoms with Crippen LogP contribution in [0.25, 0.3) is 16.9 Å². The van der Waals surface area contributed by atoms with Gasteiger partial charge >= 0.3 is 0 Å². The third-order valence-corrected chi connectivity index (χ3v) is 2.68. The number of rotatable bonds is 2. The number of nitrogens with zero attached hydrogens (tertiary/aromatic N) is 4. The van der Waals surface area contributed by atoms with Crippen LogP contribution in [0.1, 0.15) is 0 Å². The largest absolute Gasteiger partial charge is 0.366 e. The van der Waals surface area contributed by atoms with Crippen molar-refractivity contribution in [1.82, 2.24) is 19.7 Å². The van der Waals surface area contributed by atoms with E-state index in [1.54, 1.807) is 36.5 Å². The van der Waals surface area contributed by atoms with Crippen LogP contribution in [0.3, 0.4) is 0 Å². The van der Waals surface area contributed by atoms with Crippen molar-refractivity contribution in [3.8, 4) is 16.9 Å². The van der Waals surface area contributed by atoms with E-state index in [9.17, 15) is 4.39 Å². The zero-order valence-electron chi connectivity index (χ0n) is 9.86. The summed E-state index contributed by atoms with van der Waals surface area (Å²) in [5.41, 5.74) is 6.65. The lowest BCUT2D eigenvalue weighted by Gasteiger charge is -2.04. The SMILES string of the molecule is Nc1ncn(-c2ccc(-c3ccccc3F)cn2)n1. The van der Waals surface area contributed by atoms with Crippen LogP contribution in [0.15, 0.2) is 48.9 Å². The normalized spacial score (nSPS) is 10.6. The summed E-state index contributed by atoms with van der Waals surface area (Å²) in [6, 6.07) is 10.1. The zero-order chi connectivity index (χ0) is 13.2. The van der Waals surface area contributed by atoms with Gasteiger partial charge in [0.2, 0.25) is 5.95 Å². The smallest absolute Gasteiger partial charge is 0.239 e. The predicted octanol–water partition coefficient (Wildman–Crippen LogP) is 2.05. The monoisotopic (exact) mass is 255 g/mol. The number of pyridine rings is 1. The fourth-order valence-electron chi connectivity index (χ4n) is 1.76. The summed E-state index contributed by atoms with van der Waals surface area (Å²) in [6.45, 7) is 0. The van der Waals surface area contributed by atoms with E-state index >= 15 is 0 Å². The van der Waals surface area contributed by atoms with Crippen LogP contribution in [-0.4, -0.2) is 19.7 Å². The second kappa shape index (κ2) is 4.49. The van der Waals surface area contributed by atoms with E-state index in [-0.39, 0.29) is 11.8 Å². The quantitative estimate of drug-likeness (QED) is 0.760. The molecule has 6 heteroatoms. The molecular weight excluding hydrogens is 245 g/mol. The minimum absolute atomic E-state index is 0.181. The molecule has 0 atom stereocenters.